The first-order valence-corrected chi connectivity index (χ1v) is 14.2. The molecule has 0 bridgehead atoms. The molecule has 10 heteroatoms. The third-order valence-corrected chi connectivity index (χ3v) is 8.14. The van der Waals surface area contributed by atoms with E-state index in [4.69, 9.17) is 13.9 Å². The number of anilines is 1. The minimum absolute atomic E-state index is 0.00426. The number of nitrogens with one attached hydrogen (secondary N) is 1. The molecule has 3 aromatic carbocycles. The Balaban J connectivity index is 1.19. The Labute approximate surface area is 237 Å². The summed E-state index contributed by atoms with van der Waals surface area (Å²) in [6.07, 6.45) is 3.10. The second-order valence-corrected chi connectivity index (χ2v) is 10.6. The molecule has 3 atom stereocenters. The molecule has 1 aliphatic carbocycles. The van der Waals surface area contributed by atoms with Gasteiger partial charge in [-0.25, -0.2) is 4.39 Å². The molecule has 6 rings (SSSR count). The van der Waals surface area contributed by atoms with Crippen molar-refractivity contribution in [3.05, 3.63) is 76.1 Å². The molecule has 1 aliphatic heterocycles. The molecule has 1 aromatic heterocycles. The molecule has 1 N–H and O–H groups in total. The summed E-state index contributed by atoms with van der Waals surface area (Å²) in [6, 6.07) is 16.1. The van der Waals surface area contributed by atoms with Crippen molar-refractivity contribution in [2.75, 3.05) is 25.1 Å². The van der Waals surface area contributed by atoms with Gasteiger partial charge in [0.15, 0.2) is 5.58 Å². The van der Waals surface area contributed by atoms with Crippen LogP contribution in [0.3, 0.4) is 0 Å². The second-order valence-electron chi connectivity index (χ2n) is 10.6. The molecule has 214 valence electrons. The van der Waals surface area contributed by atoms with E-state index in [9.17, 15) is 14.5 Å². The van der Waals surface area contributed by atoms with Crippen LogP contribution in [-0.4, -0.2) is 46.6 Å². The van der Waals surface area contributed by atoms with Gasteiger partial charge in [0.1, 0.15) is 22.8 Å². The van der Waals surface area contributed by atoms with E-state index >= 15 is 0 Å². The molecule has 9 nitrogen and oxygen atoms in total. The largest absolute Gasteiger partial charge is 0.493 e. The first kappa shape index (κ1) is 27.0. The molecule has 2 aliphatic rings. The monoisotopic (exact) mass is 560 g/mol. The van der Waals surface area contributed by atoms with Crippen molar-refractivity contribution < 1.29 is 23.2 Å². The van der Waals surface area contributed by atoms with E-state index in [-0.39, 0.29) is 17.5 Å². The van der Waals surface area contributed by atoms with Gasteiger partial charge in [0.2, 0.25) is 0 Å². The Bertz CT molecular complexity index is 1530. The lowest BCUT2D eigenvalue weighted by molar-refractivity contribution is -0.384. The van der Waals surface area contributed by atoms with E-state index in [1.165, 1.54) is 24.3 Å². The van der Waals surface area contributed by atoms with E-state index in [0.29, 0.717) is 42.3 Å². The summed E-state index contributed by atoms with van der Waals surface area (Å²) in [5.41, 5.74) is 3.80. The number of oxazole rings is 1. The molecular weight excluding hydrogens is 527 g/mol. The molecule has 0 spiro atoms. The fourth-order valence-corrected chi connectivity index (χ4v) is 6.41. The molecule has 1 saturated carbocycles. The highest BCUT2D eigenvalue weighted by Gasteiger charge is 2.44. The van der Waals surface area contributed by atoms with Crippen LogP contribution >= 0.6 is 0 Å². The molecule has 4 aromatic rings. The van der Waals surface area contributed by atoms with Crippen LogP contribution < -0.4 is 14.8 Å². The zero-order valence-corrected chi connectivity index (χ0v) is 23.1. The zero-order valence-electron chi connectivity index (χ0n) is 23.1. The number of nitro groups is 1. The van der Waals surface area contributed by atoms with E-state index in [0.717, 1.165) is 60.5 Å². The fraction of sp³-hybridized carbons (Fsp3) is 0.387. The quantitative estimate of drug-likeness (QED) is 0.167. The summed E-state index contributed by atoms with van der Waals surface area (Å²) in [7, 11) is 0. The molecule has 41 heavy (non-hydrogen) atoms. The second kappa shape index (κ2) is 11.4. The topological polar surface area (TPSA) is 103 Å². The molecule has 0 radical (unpaired) electrons. The Morgan fingerprint density at radius 3 is 2.46 bits per heavy atom. The number of hydrogen-bond donors (Lipinski definition) is 1. The van der Waals surface area contributed by atoms with Crippen LogP contribution in [0.1, 0.15) is 38.7 Å². The maximum absolute atomic E-state index is 13.6. The Kier molecular flexibility index (Phi) is 7.49. The molecule has 1 saturated heterocycles. The highest BCUT2D eigenvalue weighted by atomic mass is 19.1. The summed E-state index contributed by atoms with van der Waals surface area (Å²) >= 11 is 0. The number of fused-ring (bicyclic) bond motifs is 2. The first-order valence-electron chi connectivity index (χ1n) is 14.2. The van der Waals surface area contributed by atoms with Crippen LogP contribution in [0.2, 0.25) is 0 Å². The fourth-order valence-electron chi connectivity index (χ4n) is 6.41. The van der Waals surface area contributed by atoms with Gasteiger partial charge in [0, 0.05) is 30.8 Å². The smallest absolute Gasteiger partial charge is 0.295 e. The van der Waals surface area contributed by atoms with Crippen molar-refractivity contribution in [1.82, 2.24) is 9.88 Å². The lowest BCUT2D eigenvalue weighted by Gasteiger charge is -2.25. The average Bonchev–Trinajstić information content (AvgIpc) is 3.66. The summed E-state index contributed by atoms with van der Waals surface area (Å²) in [6.45, 7) is 6.67. The lowest BCUT2D eigenvalue weighted by atomic mass is 9.99. The zero-order chi connectivity index (χ0) is 28.5. The molecule has 2 fully saturated rings. The van der Waals surface area contributed by atoms with Crippen LogP contribution in [0, 0.1) is 21.8 Å². The van der Waals surface area contributed by atoms with Gasteiger partial charge in [-0.05, 0) is 87.0 Å². The van der Waals surface area contributed by atoms with Gasteiger partial charge >= 0.3 is 0 Å². The Morgan fingerprint density at radius 2 is 1.78 bits per heavy atom. The van der Waals surface area contributed by atoms with Gasteiger partial charge in [-0.1, -0.05) is 12.1 Å². The maximum Gasteiger partial charge on any atom is 0.295 e. The minimum atomic E-state index is -0.430. The van der Waals surface area contributed by atoms with Crippen molar-refractivity contribution in [3.63, 3.8) is 0 Å². The predicted octanol–water partition coefficient (Wildman–Crippen LogP) is 6.80. The summed E-state index contributed by atoms with van der Waals surface area (Å²) in [5, 5.41) is 14.6. The first-order chi connectivity index (χ1) is 19.9. The summed E-state index contributed by atoms with van der Waals surface area (Å²) in [4.78, 5) is 17.7. The van der Waals surface area contributed by atoms with Gasteiger partial charge in [-0.3, -0.25) is 15.0 Å². The third-order valence-electron chi connectivity index (χ3n) is 8.14. The predicted molar refractivity (Wildman–Crippen MR) is 154 cm³/mol. The number of aromatic nitrogens is 1. The van der Waals surface area contributed by atoms with E-state index in [1.807, 2.05) is 13.8 Å². The number of hydrogen-bond acceptors (Lipinski definition) is 8. The van der Waals surface area contributed by atoms with E-state index in [1.54, 1.807) is 18.2 Å². The Hall–Kier alpha value is -4.18. The van der Waals surface area contributed by atoms with Gasteiger partial charge < -0.3 is 19.2 Å². The van der Waals surface area contributed by atoms with Gasteiger partial charge in [-0.2, -0.15) is 4.98 Å². The summed E-state index contributed by atoms with van der Waals surface area (Å²) in [5.74, 6) is 1.63. The van der Waals surface area contributed by atoms with Crippen LogP contribution in [0.4, 0.5) is 16.1 Å². The number of benzene rings is 3. The van der Waals surface area contributed by atoms with Gasteiger partial charge in [0.25, 0.3) is 11.7 Å². The molecule has 0 amide bonds. The molecule has 1 unspecified atom stereocenters. The van der Waals surface area contributed by atoms with E-state index < -0.39 is 4.92 Å². The molecule has 2 heterocycles. The average molecular weight is 561 g/mol. The van der Waals surface area contributed by atoms with Crippen LogP contribution in [-0.2, 0) is 6.54 Å². The normalized spacial score (nSPS) is 20.3. The number of ether oxygens (including phenoxy) is 2. The van der Waals surface area contributed by atoms with Crippen molar-refractivity contribution in [2.45, 2.75) is 51.7 Å². The maximum atomic E-state index is 13.6. The minimum Gasteiger partial charge on any atom is -0.493 e. The number of nitro benzene ring substituents is 1. The van der Waals surface area contributed by atoms with Crippen molar-refractivity contribution in [3.8, 4) is 22.6 Å². The number of likely N-dealkylation sites (tertiary alicyclic amines) is 1. The Morgan fingerprint density at radius 1 is 1.05 bits per heavy atom. The van der Waals surface area contributed by atoms with Gasteiger partial charge in [0.05, 0.1) is 23.7 Å². The van der Waals surface area contributed by atoms with Crippen LogP contribution in [0.15, 0.2) is 59.0 Å². The number of nitrogens with zero attached hydrogens (tertiary/aromatic N) is 3. The SMILES string of the molecule is CCOc1cc(CN2CC[C@H]3C(Nc4nc5cc([N+](=O)[O-])ccc5o4)CC[C@H]32)cc(OCC)c1-c1ccc(F)cc1. The number of halogens is 1. The van der Waals surface area contributed by atoms with Crippen molar-refractivity contribution in [2.24, 2.45) is 5.92 Å². The van der Waals surface area contributed by atoms with Crippen LogP contribution in [0.5, 0.6) is 11.5 Å². The highest BCUT2D eigenvalue weighted by molar-refractivity contribution is 5.78. The van der Waals surface area contributed by atoms with Gasteiger partial charge in [-0.15, -0.1) is 0 Å². The summed E-state index contributed by atoms with van der Waals surface area (Å²) < 4.78 is 31.6. The molecular formula is C31H33FN4O5. The van der Waals surface area contributed by atoms with Crippen molar-refractivity contribution in [1.29, 1.82) is 0 Å². The third kappa shape index (κ3) is 5.44. The van der Waals surface area contributed by atoms with E-state index in [2.05, 4.69) is 27.3 Å². The lowest BCUT2D eigenvalue weighted by Crippen LogP contribution is -2.32. The van der Waals surface area contributed by atoms with Crippen LogP contribution in [0.25, 0.3) is 22.2 Å². The highest BCUT2D eigenvalue weighted by Crippen LogP contribution is 2.43. The number of non-ortho nitro benzene ring substituents is 1. The van der Waals surface area contributed by atoms with Crippen molar-refractivity contribution >= 4 is 22.8 Å². The standard InChI is InChI=1S/C31H33FN4O5/c1-3-39-28-15-19(16-29(40-4-2)30(28)20-5-7-21(32)8-6-20)18-35-14-13-23-24(10-11-26(23)35)33-31-34-25-17-22(36(37)38)9-12-27(25)41-31/h5-9,12,15-17,23-24,26H,3-4,10-11,13-14,18H2,1-2H3,(H,33,34)/t23-,24?,26+/m0/s1. The number of rotatable bonds is 10.